The first-order valence-electron chi connectivity index (χ1n) is 9.75. The lowest BCUT2D eigenvalue weighted by Crippen LogP contribution is -2.61. The van der Waals surface area contributed by atoms with E-state index in [1.54, 1.807) is 0 Å². The average Bonchev–Trinajstić information content (AvgIpc) is 2.92. The maximum Gasteiger partial charge on any atom is 0.242 e. The molecule has 0 atom stereocenters. The lowest BCUT2D eigenvalue weighted by atomic mass is 9.89. The molecular weight excluding hydrogens is 320 g/mol. The van der Waals surface area contributed by atoms with Crippen molar-refractivity contribution < 1.29 is 14.3 Å². The smallest absolute Gasteiger partial charge is 0.242 e. The molecule has 3 aliphatic rings. The second-order valence-electron chi connectivity index (χ2n) is 7.63. The van der Waals surface area contributed by atoms with Crippen LogP contribution in [0.25, 0.3) is 0 Å². The fraction of sp³-hybridized carbons (Fsp3) is 0.889. The van der Waals surface area contributed by atoms with E-state index < -0.39 is 5.54 Å². The number of piperazine rings is 1. The highest BCUT2D eigenvalue weighted by molar-refractivity contribution is 5.86. The third-order valence-corrected chi connectivity index (χ3v) is 5.79. The number of nitrogens with two attached hydrogens (primary N) is 1. The number of ether oxygens (including phenoxy) is 1. The Morgan fingerprint density at radius 2 is 1.44 bits per heavy atom. The first kappa shape index (κ1) is 18.6. The monoisotopic (exact) mass is 352 g/mol. The zero-order chi connectivity index (χ0) is 17.7. The summed E-state index contributed by atoms with van der Waals surface area (Å²) in [6.45, 7) is 6.21. The Morgan fingerprint density at radius 1 is 0.840 bits per heavy atom. The van der Waals surface area contributed by atoms with E-state index in [0.29, 0.717) is 45.7 Å². The summed E-state index contributed by atoms with van der Waals surface area (Å²) in [6, 6.07) is 0. The number of carbonyl (C=O) groups is 2. The summed E-state index contributed by atoms with van der Waals surface area (Å²) in [6.07, 6.45) is 5.90. The van der Waals surface area contributed by atoms with E-state index in [-0.39, 0.29) is 11.8 Å². The van der Waals surface area contributed by atoms with Gasteiger partial charge in [-0.15, -0.1) is 0 Å². The van der Waals surface area contributed by atoms with Crippen LogP contribution in [-0.2, 0) is 14.3 Å². The Bertz CT molecular complexity index is 463. The van der Waals surface area contributed by atoms with Gasteiger partial charge in [-0.3, -0.25) is 14.5 Å². The number of hydrogen-bond acceptors (Lipinski definition) is 5. The molecule has 3 saturated heterocycles. The molecule has 3 aliphatic heterocycles. The molecular formula is C18H32N4O3. The van der Waals surface area contributed by atoms with Gasteiger partial charge in [-0.05, 0) is 25.7 Å². The number of likely N-dealkylation sites (tertiary alicyclic amines) is 1. The topological polar surface area (TPSA) is 79.1 Å². The van der Waals surface area contributed by atoms with Crippen molar-refractivity contribution in [3.8, 4) is 0 Å². The Labute approximate surface area is 150 Å². The Balaban J connectivity index is 1.45. The number of hydrogen-bond donors (Lipinski definition) is 1. The van der Waals surface area contributed by atoms with E-state index in [1.807, 2.05) is 9.80 Å². The minimum Gasteiger partial charge on any atom is -0.381 e. The van der Waals surface area contributed by atoms with Crippen molar-refractivity contribution in [2.45, 2.75) is 44.1 Å². The summed E-state index contributed by atoms with van der Waals surface area (Å²) in [5.41, 5.74) is 5.55. The van der Waals surface area contributed by atoms with Crippen LogP contribution in [-0.4, -0.2) is 91.1 Å². The van der Waals surface area contributed by atoms with E-state index in [4.69, 9.17) is 10.5 Å². The van der Waals surface area contributed by atoms with Crippen LogP contribution in [0, 0.1) is 0 Å². The van der Waals surface area contributed by atoms with Crippen LogP contribution in [0.1, 0.15) is 38.5 Å². The molecule has 3 heterocycles. The van der Waals surface area contributed by atoms with Crippen LogP contribution < -0.4 is 5.73 Å². The van der Waals surface area contributed by atoms with Crippen molar-refractivity contribution in [1.82, 2.24) is 14.7 Å². The summed E-state index contributed by atoms with van der Waals surface area (Å²) < 4.78 is 5.33. The SMILES string of the molecule is NC1(C(=O)N2CCN(CC(=O)N3CCCCCC3)CC2)CCOCC1. The lowest BCUT2D eigenvalue weighted by molar-refractivity contribution is -0.142. The molecule has 0 spiro atoms. The molecule has 0 radical (unpaired) electrons. The quantitative estimate of drug-likeness (QED) is 0.776. The summed E-state index contributed by atoms with van der Waals surface area (Å²) in [4.78, 5) is 31.3. The highest BCUT2D eigenvalue weighted by Crippen LogP contribution is 2.21. The summed E-state index contributed by atoms with van der Waals surface area (Å²) in [5, 5.41) is 0. The third kappa shape index (κ3) is 4.71. The maximum atomic E-state index is 12.7. The maximum absolute atomic E-state index is 12.7. The molecule has 25 heavy (non-hydrogen) atoms. The molecule has 3 fully saturated rings. The van der Waals surface area contributed by atoms with Crippen molar-refractivity contribution in [2.75, 3.05) is 59.0 Å². The van der Waals surface area contributed by atoms with E-state index in [0.717, 1.165) is 39.0 Å². The lowest BCUT2D eigenvalue weighted by Gasteiger charge is -2.41. The van der Waals surface area contributed by atoms with Crippen molar-refractivity contribution in [2.24, 2.45) is 5.73 Å². The zero-order valence-electron chi connectivity index (χ0n) is 15.3. The molecule has 0 aromatic rings. The van der Waals surface area contributed by atoms with Gasteiger partial charge in [0.15, 0.2) is 0 Å². The third-order valence-electron chi connectivity index (χ3n) is 5.79. The van der Waals surface area contributed by atoms with Crippen LogP contribution >= 0.6 is 0 Å². The zero-order valence-corrected chi connectivity index (χ0v) is 15.3. The van der Waals surface area contributed by atoms with Gasteiger partial charge in [-0.2, -0.15) is 0 Å². The van der Waals surface area contributed by atoms with Gasteiger partial charge in [-0.1, -0.05) is 12.8 Å². The predicted octanol–water partition coefficient (Wildman–Crippen LogP) is 0.0411. The molecule has 2 N–H and O–H groups in total. The Morgan fingerprint density at radius 3 is 2.04 bits per heavy atom. The largest absolute Gasteiger partial charge is 0.381 e. The molecule has 142 valence electrons. The highest BCUT2D eigenvalue weighted by Gasteiger charge is 2.39. The molecule has 0 aliphatic carbocycles. The van der Waals surface area contributed by atoms with E-state index in [9.17, 15) is 9.59 Å². The molecule has 0 aromatic heterocycles. The number of carbonyl (C=O) groups excluding carboxylic acids is 2. The normalized spacial score (nSPS) is 25.5. The van der Waals surface area contributed by atoms with Crippen molar-refractivity contribution in [3.05, 3.63) is 0 Å². The summed E-state index contributed by atoms with van der Waals surface area (Å²) in [7, 11) is 0. The molecule has 3 rings (SSSR count). The highest BCUT2D eigenvalue weighted by atomic mass is 16.5. The van der Waals surface area contributed by atoms with Crippen LogP contribution in [0.15, 0.2) is 0 Å². The molecule has 2 amide bonds. The van der Waals surface area contributed by atoms with Crippen LogP contribution in [0.4, 0.5) is 0 Å². The van der Waals surface area contributed by atoms with Gasteiger partial charge in [0.25, 0.3) is 0 Å². The van der Waals surface area contributed by atoms with Crippen LogP contribution in [0.2, 0.25) is 0 Å². The molecule has 0 unspecified atom stereocenters. The first-order chi connectivity index (χ1) is 12.1. The van der Waals surface area contributed by atoms with Gasteiger partial charge in [0.1, 0.15) is 0 Å². The van der Waals surface area contributed by atoms with Gasteiger partial charge in [0.05, 0.1) is 12.1 Å². The minimum absolute atomic E-state index is 0.0503. The van der Waals surface area contributed by atoms with Crippen molar-refractivity contribution in [3.63, 3.8) is 0 Å². The van der Waals surface area contributed by atoms with Crippen molar-refractivity contribution in [1.29, 1.82) is 0 Å². The molecule has 0 saturated carbocycles. The number of rotatable bonds is 3. The van der Waals surface area contributed by atoms with Crippen molar-refractivity contribution >= 4 is 11.8 Å². The first-order valence-corrected chi connectivity index (χ1v) is 9.75. The Hall–Kier alpha value is -1.18. The standard InChI is InChI=1S/C18H32N4O3/c19-18(5-13-25-14-6-18)17(24)22-11-9-20(10-12-22)15-16(23)21-7-3-1-2-4-8-21/h1-15,19H2. The van der Waals surface area contributed by atoms with Gasteiger partial charge in [0.2, 0.25) is 11.8 Å². The van der Waals surface area contributed by atoms with E-state index in [1.165, 1.54) is 12.8 Å². The Kier molecular flexibility index (Phi) is 6.30. The predicted molar refractivity (Wildman–Crippen MR) is 95.0 cm³/mol. The second-order valence-corrected chi connectivity index (χ2v) is 7.63. The molecule has 0 bridgehead atoms. The minimum atomic E-state index is -0.762. The van der Waals surface area contributed by atoms with Gasteiger partial charge in [-0.25, -0.2) is 0 Å². The van der Waals surface area contributed by atoms with E-state index >= 15 is 0 Å². The number of amides is 2. The second kappa shape index (κ2) is 8.47. The van der Waals surface area contributed by atoms with Crippen LogP contribution in [0.3, 0.4) is 0 Å². The number of nitrogens with zero attached hydrogens (tertiary/aromatic N) is 3. The van der Waals surface area contributed by atoms with Gasteiger partial charge < -0.3 is 20.3 Å². The fourth-order valence-electron chi connectivity index (χ4n) is 3.98. The van der Waals surface area contributed by atoms with Gasteiger partial charge >= 0.3 is 0 Å². The molecule has 7 heteroatoms. The molecule has 0 aromatic carbocycles. The van der Waals surface area contributed by atoms with Crippen LogP contribution in [0.5, 0.6) is 0 Å². The van der Waals surface area contributed by atoms with Gasteiger partial charge in [0, 0.05) is 52.5 Å². The summed E-state index contributed by atoms with van der Waals surface area (Å²) >= 11 is 0. The van der Waals surface area contributed by atoms with E-state index in [2.05, 4.69) is 4.90 Å². The summed E-state index contributed by atoms with van der Waals surface area (Å²) in [5.74, 6) is 0.288. The fourth-order valence-corrected chi connectivity index (χ4v) is 3.98. The average molecular weight is 352 g/mol. The molecule has 7 nitrogen and oxygen atoms in total.